The van der Waals surface area contributed by atoms with Crippen LogP contribution in [0.1, 0.15) is 31.2 Å². The lowest BCUT2D eigenvalue weighted by Gasteiger charge is -2.05. The third-order valence-electron chi connectivity index (χ3n) is 2.34. The van der Waals surface area contributed by atoms with Crippen molar-refractivity contribution in [2.45, 2.75) is 26.7 Å². The number of aromatic nitrogens is 2. The molecule has 0 amide bonds. The molecule has 1 aromatic carbocycles. The van der Waals surface area contributed by atoms with Crippen molar-refractivity contribution in [2.24, 2.45) is 0 Å². The largest absolute Gasteiger partial charge is 0.339 e. The quantitative estimate of drug-likeness (QED) is 0.750. The average molecular weight is 202 g/mol. The second-order valence-electron chi connectivity index (χ2n) is 3.92. The van der Waals surface area contributed by atoms with Crippen LogP contribution in [-0.4, -0.2) is 10.1 Å². The SMILES string of the molecule is Cc1nc(-c2cccc(C(C)C)c2)no1. The Hall–Kier alpha value is -1.64. The van der Waals surface area contributed by atoms with Crippen LogP contribution in [0.15, 0.2) is 28.8 Å². The van der Waals surface area contributed by atoms with Crippen molar-refractivity contribution < 1.29 is 4.52 Å². The van der Waals surface area contributed by atoms with Crippen molar-refractivity contribution in [3.63, 3.8) is 0 Å². The lowest BCUT2D eigenvalue weighted by atomic mass is 10.0. The molecule has 1 aromatic heterocycles. The van der Waals surface area contributed by atoms with Crippen LogP contribution in [0.2, 0.25) is 0 Å². The highest BCUT2D eigenvalue weighted by Crippen LogP contribution is 2.21. The Morgan fingerprint density at radius 1 is 1.27 bits per heavy atom. The van der Waals surface area contributed by atoms with Crippen molar-refractivity contribution in [3.8, 4) is 11.4 Å². The molecule has 15 heavy (non-hydrogen) atoms. The molecular formula is C12H14N2O. The summed E-state index contributed by atoms with van der Waals surface area (Å²) in [6.07, 6.45) is 0. The molecule has 0 aliphatic carbocycles. The van der Waals surface area contributed by atoms with Gasteiger partial charge in [-0.15, -0.1) is 0 Å². The van der Waals surface area contributed by atoms with Gasteiger partial charge in [0.05, 0.1) is 0 Å². The molecule has 0 fully saturated rings. The van der Waals surface area contributed by atoms with E-state index < -0.39 is 0 Å². The maximum absolute atomic E-state index is 4.96. The van der Waals surface area contributed by atoms with Crippen LogP contribution < -0.4 is 0 Å². The number of rotatable bonds is 2. The predicted octanol–water partition coefficient (Wildman–Crippen LogP) is 3.17. The molecule has 0 N–H and O–H groups in total. The van der Waals surface area contributed by atoms with Crippen LogP contribution in [0.3, 0.4) is 0 Å². The van der Waals surface area contributed by atoms with Crippen molar-refractivity contribution in [1.82, 2.24) is 10.1 Å². The molecule has 0 aliphatic heterocycles. The van der Waals surface area contributed by atoms with Crippen molar-refractivity contribution in [3.05, 3.63) is 35.7 Å². The summed E-state index contributed by atoms with van der Waals surface area (Å²) in [6, 6.07) is 8.24. The van der Waals surface area contributed by atoms with Gasteiger partial charge < -0.3 is 4.52 Å². The Kier molecular flexibility index (Phi) is 2.54. The first-order valence-electron chi connectivity index (χ1n) is 5.07. The van der Waals surface area contributed by atoms with Gasteiger partial charge in [0.25, 0.3) is 0 Å². The Bertz CT molecular complexity index is 460. The van der Waals surface area contributed by atoms with Gasteiger partial charge in [-0.05, 0) is 17.5 Å². The average Bonchev–Trinajstić information content (AvgIpc) is 2.65. The molecule has 1 heterocycles. The molecule has 0 saturated heterocycles. The van der Waals surface area contributed by atoms with E-state index in [0.29, 0.717) is 17.6 Å². The van der Waals surface area contributed by atoms with E-state index in [2.05, 4.69) is 36.1 Å². The molecule has 78 valence electrons. The van der Waals surface area contributed by atoms with Gasteiger partial charge in [-0.1, -0.05) is 37.2 Å². The van der Waals surface area contributed by atoms with Crippen molar-refractivity contribution >= 4 is 0 Å². The minimum Gasteiger partial charge on any atom is -0.339 e. The molecule has 0 radical (unpaired) electrons. The fraction of sp³-hybridized carbons (Fsp3) is 0.333. The van der Waals surface area contributed by atoms with Gasteiger partial charge in [0.15, 0.2) is 0 Å². The lowest BCUT2D eigenvalue weighted by Crippen LogP contribution is -1.88. The number of benzene rings is 1. The molecule has 0 bridgehead atoms. The highest BCUT2D eigenvalue weighted by Gasteiger charge is 2.07. The zero-order valence-electron chi connectivity index (χ0n) is 9.19. The fourth-order valence-corrected chi connectivity index (χ4v) is 1.45. The van der Waals surface area contributed by atoms with Gasteiger partial charge in [0.2, 0.25) is 11.7 Å². The Labute approximate surface area is 89.1 Å². The van der Waals surface area contributed by atoms with E-state index in [1.54, 1.807) is 6.92 Å². The molecule has 2 rings (SSSR count). The molecule has 0 spiro atoms. The molecule has 3 heteroatoms. The molecule has 0 saturated carbocycles. The van der Waals surface area contributed by atoms with Gasteiger partial charge in [0, 0.05) is 12.5 Å². The summed E-state index contributed by atoms with van der Waals surface area (Å²) in [5, 5.41) is 3.90. The topological polar surface area (TPSA) is 38.9 Å². The van der Waals surface area contributed by atoms with E-state index in [9.17, 15) is 0 Å². The number of hydrogen-bond acceptors (Lipinski definition) is 3. The predicted molar refractivity (Wildman–Crippen MR) is 58.6 cm³/mol. The summed E-state index contributed by atoms with van der Waals surface area (Å²) >= 11 is 0. The molecule has 0 atom stereocenters. The van der Waals surface area contributed by atoms with E-state index in [-0.39, 0.29) is 0 Å². The van der Waals surface area contributed by atoms with Crippen LogP contribution in [0.25, 0.3) is 11.4 Å². The number of nitrogens with zero attached hydrogens (tertiary/aromatic N) is 2. The van der Waals surface area contributed by atoms with Gasteiger partial charge in [-0.25, -0.2) is 0 Å². The normalized spacial score (nSPS) is 10.9. The highest BCUT2D eigenvalue weighted by atomic mass is 16.5. The van der Waals surface area contributed by atoms with Gasteiger partial charge in [-0.3, -0.25) is 0 Å². The van der Waals surface area contributed by atoms with Gasteiger partial charge in [0.1, 0.15) is 0 Å². The van der Waals surface area contributed by atoms with Gasteiger partial charge >= 0.3 is 0 Å². The van der Waals surface area contributed by atoms with E-state index in [0.717, 1.165) is 5.56 Å². The summed E-state index contributed by atoms with van der Waals surface area (Å²) in [6.45, 7) is 6.13. The van der Waals surface area contributed by atoms with Crippen molar-refractivity contribution in [1.29, 1.82) is 0 Å². The number of aryl methyl sites for hydroxylation is 1. The molecule has 0 unspecified atom stereocenters. The smallest absolute Gasteiger partial charge is 0.223 e. The minimum absolute atomic E-state index is 0.512. The minimum atomic E-state index is 0.512. The van der Waals surface area contributed by atoms with E-state index in [4.69, 9.17) is 4.52 Å². The second kappa shape index (κ2) is 3.85. The molecular weight excluding hydrogens is 188 g/mol. The highest BCUT2D eigenvalue weighted by molar-refractivity contribution is 5.55. The lowest BCUT2D eigenvalue weighted by molar-refractivity contribution is 0.394. The van der Waals surface area contributed by atoms with E-state index >= 15 is 0 Å². The molecule has 3 nitrogen and oxygen atoms in total. The summed E-state index contributed by atoms with van der Waals surface area (Å²) in [4.78, 5) is 4.20. The summed E-state index contributed by atoms with van der Waals surface area (Å²) in [7, 11) is 0. The first-order valence-corrected chi connectivity index (χ1v) is 5.07. The maximum atomic E-state index is 4.96. The third-order valence-corrected chi connectivity index (χ3v) is 2.34. The zero-order valence-corrected chi connectivity index (χ0v) is 9.19. The van der Waals surface area contributed by atoms with E-state index in [1.807, 2.05) is 12.1 Å². The standard InChI is InChI=1S/C12H14N2O/c1-8(2)10-5-4-6-11(7-10)12-13-9(3)15-14-12/h4-8H,1-3H3. The zero-order chi connectivity index (χ0) is 10.8. The first-order chi connectivity index (χ1) is 7.16. The third kappa shape index (κ3) is 2.06. The Balaban J connectivity index is 2.41. The molecule has 2 aromatic rings. The Morgan fingerprint density at radius 2 is 2.07 bits per heavy atom. The summed E-state index contributed by atoms with van der Waals surface area (Å²) < 4.78 is 4.96. The second-order valence-corrected chi connectivity index (χ2v) is 3.92. The first kappa shape index (κ1) is 9.90. The monoisotopic (exact) mass is 202 g/mol. The van der Waals surface area contributed by atoms with Crippen LogP contribution in [0.4, 0.5) is 0 Å². The van der Waals surface area contributed by atoms with E-state index in [1.165, 1.54) is 5.56 Å². The van der Waals surface area contributed by atoms with Crippen LogP contribution >= 0.6 is 0 Å². The van der Waals surface area contributed by atoms with Crippen molar-refractivity contribution in [2.75, 3.05) is 0 Å². The summed E-state index contributed by atoms with van der Waals surface area (Å²) in [5.74, 6) is 1.77. The Morgan fingerprint density at radius 3 is 2.67 bits per heavy atom. The fourth-order valence-electron chi connectivity index (χ4n) is 1.45. The van der Waals surface area contributed by atoms with Gasteiger partial charge in [-0.2, -0.15) is 4.98 Å². The van der Waals surface area contributed by atoms with Crippen LogP contribution in [0, 0.1) is 6.92 Å². The maximum Gasteiger partial charge on any atom is 0.223 e. The van der Waals surface area contributed by atoms with Crippen LogP contribution in [0.5, 0.6) is 0 Å². The molecule has 0 aliphatic rings. The summed E-state index contributed by atoms with van der Waals surface area (Å²) in [5.41, 5.74) is 2.30. The van der Waals surface area contributed by atoms with Crippen LogP contribution in [-0.2, 0) is 0 Å². The number of hydrogen-bond donors (Lipinski definition) is 0.